The van der Waals surface area contributed by atoms with E-state index in [-0.39, 0.29) is 11.8 Å². The largest absolute Gasteiger partial charge is 0.324 e. The second kappa shape index (κ2) is 8.94. The van der Waals surface area contributed by atoms with Gasteiger partial charge in [-0.15, -0.1) is 0 Å². The van der Waals surface area contributed by atoms with Crippen LogP contribution in [0.1, 0.15) is 33.6 Å². The minimum Gasteiger partial charge on any atom is -0.324 e. The van der Waals surface area contributed by atoms with Gasteiger partial charge in [0, 0.05) is 17.6 Å². The van der Waals surface area contributed by atoms with E-state index in [1.54, 1.807) is 22.0 Å². The van der Waals surface area contributed by atoms with Crippen LogP contribution in [0.25, 0.3) is 5.82 Å². The van der Waals surface area contributed by atoms with E-state index in [1.807, 2.05) is 80.6 Å². The van der Waals surface area contributed by atoms with Crippen molar-refractivity contribution in [3.05, 3.63) is 102 Å². The Kier molecular flexibility index (Phi) is 5.67. The van der Waals surface area contributed by atoms with E-state index in [1.165, 1.54) is 0 Å². The lowest BCUT2D eigenvalue weighted by Gasteiger charge is -2.36. The Morgan fingerprint density at radius 2 is 1.74 bits per heavy atom. The van der Waals surface area contributed by atoms with E-state index in [4.69, 9.17) is 0 Å². The van der Waals surface area contributed by atoms with Crippen LogP contribution in [0.2, 0.25) is 0 Å². The molecule has 0 saturated carbocycles. The zero-order chi connectivity index (χ0) is 23.7. The summed E-state index contributed by atoms with van der Waals surface area (Å²) in [5.74, 6) is 0.170. The third-order valence-electron chi connectivity index (χ3n) is 6.20. The molecule has 0 aliphatic carbocycles. The van der Waals surface area contributed by atoms with E-state index in [9.17, 15) is 9.59 Å². The smallest absolute Gasteiger partial charge is 0.262 e. The molecule has 1 atom stereocenters. The molecule has 1 aliphatic rings. The number of anilines is 2. The van der Waals surface area contributed by atoms with Crippen LogP contribution >= 0.6 is 0 Å². The number of pyridine rings is 1. The maximum absolute atomic E-state index is 13.9. The van der Waals surface area contributed by atoms with Gasteiger partial charge >= 0.3 is 0 Å². The average molecular weight is 452 g/mol. The van der Waals surface area contributed by atoms with E-state index >= 15 is 0 Å². The predicted octanol–water partition coefficient (Wildman–Crippen LogP) is 4.48. The quantitative estimate of drug-likeness (QED) is 0.496. The molecule has 1 aliphatic heterocycles. The standard InChI is InChI=1S/C27H25N5O2/c1-18-10-13-21(14-11-18)30-26(33)24-15-12-20-7-3-4-8-23(20)31(24)27(34)22-17-29-32(19(22)2)25-9-5-6-16-28-25/h3-11,13-14,16-17,24H,12,15H2,1-2H3,(H,30,33). The molecule has 0 bridgehead atoms. The van der Waals surface area contributed by atoms with Gasteiger partial charge in [-0.1, -0.05) is 42.0 Å². The van der Waals surface area contributed by atoms with Gasteiger partial charge in [-0.2, -0.15) is 5.10 Å². The fourth-order valence-electron chi connectivity index (χ4n) is 4.37. The number of hydrogen-bond acceptors (Lipinski definition) is 4. The first-order chi connectivity index (χ1) is 16.5. The van der Waals surface area contributed by atoms with Crippen molar-refractivity contribution in [3.8, 4) is 5.82 Å². The highest BCUT2D eigenvalue weighted by molar-refractivity contribution is 6.12. The van der Waals surface area contributed by atoms with Gasteiger partial charge in [-0.25, -0.2) is 9.67 Å². The molecule has 3 heterocycles. The number of aryl methyl sites for hydroxylation is 2. The number of carbonyl (C=O) groups excluding carboxylic acids is 2. The highest BCUT2D eigenvalue weighted by Crippen LogP contribution is 2.33. The molecule has 0 spiro atoms. The Balaban J connectivity index is 1.51. The van der Waals surface area contributed by atoms with Crippen LogP contribution in [-0.2, 0) is 11.2 Å². The van der Waals surface area contributed by atoms with Crippen molar-refractivity contribution in [2.24, 2.45) is 0 Å². The Hall–Kier alpha value is -4.26. The summed E-state index contributed by atoms with van der Waals surface area (Å²) >= 11 is 0. The molecular formula is C27H25N5O2. The lowest BCUT2D eigenvalue weighted by atomic mass is 9.94. The van der Waals surface area contributed by atoms with Crippen molar-refractivity contribution in [2.75, 3.05) is 10.2 Å². The molecule has 34 heavy (non-hydrogen) atoms. The Morgan fingerprint density at radius 1 is 0.971 bits per heavy atom. The van der Waals surface area contributed by atoms with Crippen molar-refractivity contribution < 1.29 is 9.59 Å². The molecule has 7 nitrogen and oxygen atoms in total. The second-order valence-electron chi connectivity index (χ2n) is 8.46. The summed E-state index contributed by atoms with van der Waals surface area (Å²) in [6.07, 6.45) is 4.49. The summed E-state index contributed by atoms with van der Waals surface area (Å²) in [7, 11) is 0. The maximum atomic E-state index is 13.9. The number of para-hydroxylation sites is 1. The van der Waals surface area contributed by atoms with Crippen LogP contribution in [-0.4, -0.2) is 32.6 Å². The molecule has 5 rings (SSSR count). The molecule has 2 amide bonds. The molecule has 170 valence electrons. The SMILES string of the molecule is Cc1ccc(NC(=O)C2CCc3ccccc3N2C(=O)c2cnn(-c3ccccn3)c2C)cc1. The molecule has 7 heteroatoms. The zero-order valence-corrected chi connectivity index (χ0v) is 19.1. The molecule has 2 aromatic heterocycles. The Labute approximate surface area is 198 Å². The van der Waals surface area contributed by atoms with E-state index in [0.717, 1.165) is 23.2 Å². The number of aromatic nitrogens is 3. The fourth-order valence-corrected chi connectivity index (χ4v) is 4.37. The molecule has 0 fully saturated rings. The summed E-state index contributed by atoms with van der Waals surface area (Å²) in [6, 6.07) is 20.3. The first-order valence-corrected chi connectivity index (χ1v) is 11.3. The van der Waals surface area contributed by atoms with Crippen LogP contribution in [0, 0.1) is 13.8 Å². The number of carbonyl (C=O) groups is 2. The van der Waals surface area contributed by atoms with Gasteiger partial charge in [-0.05, 0) is 62.6 Å². The summed E-state index contributed by atoms with van der Waals surface area (Å²) < 4.78 is 1.64. The van der Waals surface area contributed by atoms with Crippen LogP contribution in [0.15, 0.2) is 79.1 Å². The van der Waals surface area contributed by atoms with Crippen LogP contribution in [0.5, 0.6) is 0 Å². The number of hydrogen-bond donors (Lipinski definition) is 1. The third-order valence-corrected chi connectivity index (χ3v) is 6.20. The van der Waals surface area contributed by atoms with Gasteiger partial charge < -0.3 is 5.32 Å². The van der Waals surface area contributed by atoms with Crippen molar-refractivity contribution in [2.45, 2.75) is 32.7 Å². The minimum atomic E-state index is -0.638. The molecule has 1 unspecified atom stereocenters. The van der Waals surface area contributed by atoms with Gasteiger partial charge in [0.05, 0.1) is 17.5 Å². The first-order valence-electron chi connectivity index (χ1n) is 11.3. The van der Waals surface area contributed by atoms with Gasteiger partial charge in [-0.3, -0.25) is 14.5 Å². The first kappa shape index (κ1) is 21.6. The summed E-state index contributed by atoms with van der Waals surface area (Å²) in [4.78, 5) is 33.3. The number of benzene rings is 2. The van der Waals surface area contributed by atoms with Crippen molar-refractivity contribution in [1.29, 1.82) is 0 Å². The van der Waals surface area contributed by atoms with Gasteiger partial charge in [0.15, 0.2) is 5.82 Å². The van der Waals surface area contributed by atoms with Crippen molar-refractivity contribution >= 4 is 23.2 Å². The van der Waals surface area contributed by atoms with Gasteiger partial charge in [0.1, 0.15) is 6.04 Å². The third kappa shape index (κ3) is 3.96. The number of rotatable bonds is 4. The monoisotopic (exact) mass is 451 g/mol. The minimum absolute atomic E-state index is 0.207. The second-order valence-corrected chi connectivity index (χ2v) is 8.46. The van der Waals surface area contributed by atoms with E-state index in [2.05, 4.69) is 15.4 Å². The van der Waals surface area contributed by atoms with Gasteiger partial charge in [0.2, 0.25) is 5.91 Å². The number of nitrogens with zero attached hydrogens (tertiary/aromatic N) is 4. The van der Waals surface area contributed by atoms with Gasteiger partial charge in [0.25, 0.3) is 5.91 Å². The van der Waals surface area contributed by atoms with E-state index < -0.39 is 6.04 Å². The molecule has 2 aromatic carbocycles. The predicted molar refractivity (Wildman–Crippen MR) is 131 cm³/mol. The van der Waals surface area contributed by atoms with Crippen molar-refractivity contribution in [1.82, 2.24) is 14.8 Å². The summed E-state index contributed by atoms with van der Waals surface area (Å²) in [5, 5.41) is 7.40. The summed E-state index contributed by atoms with van der Waals surface area (Å²) in [5.41, 5.74) is 4.74. The average Bonchev–Trinajstić information content (AvgIpc) is 3.26. The molecule has 1 N–H and O–H groups in total. The molecule has 0 saturated heterocycles. The van der Waals surface area contributed by atoms with Crippen LogP contribution < -0.4 is 10.2 Å². The topological polar surface area (TPSA) is 80.1 Å². The normalized spacial score (nSPS) is 15.0. The Bertz CT molecular complexity index is 1350. The van der Waals surface area contributed by atoms with Crippen molar-refractivity contribution in [3.63, 3.8) is 0 Å². The number of nitrogens with one attached hydrogen (secondary N) is 1. The lowest BCUT2D eigenvalue weighted by Crippen LogP contribution is -2.50. The fraction of sp³-hybridized carbons (Fsp3) is 0.185. The highest BCUT2D eigenvalue weighted by Gasteiger charge is 2.37. The summed E-state index contributed by atoms with van der Waals surface area (Å²) in [6.45, 7) is 3.84. The lowest BCUT2D eigenvalue weighted by molar-refractivity contribution is -0.117. The Morgan fingerprint density at radius 3 is 2.50 bits per heavy atom. The molecule has 0 radical (unpaired) electrons. The van der Waals surface area contributed by atoms with Crippen LogP contribution in [0.4, 0.5) is 11.4 Å². The zero-order valence-electron chi connectivity index (χ0n) is 19.1. The van der Waals surface area contributed by atoms with Crippen LogP contribution in [0.3, 0.4) is 0 Å². The number of fused-ring (bicyclic) bond motifs is 1. The molecular weight excluding hydrogens is 426 g/mol. The highest BCUT2D eigenvalue weighted by atomic mass is 16.2. The van der Waals surface area contributed by atoms with E-state index in [0.29, 0.717) is 29.2 Å². The molecule has 4 aromatic rings. The maximum Gasteiger partial charge on any atom is 0.262 e. The number of amides is 2.